The van der Waals surface area contributed by atoms with Crippen LogP contribution in [0.5, 0.6) is 0 Å². The van der Waals surface area contributed by atoms with E-state index in [4.69, 9.17) is 1.37 Å². The van der Waals surface area contributed by atoms with Gasteiger partial charge in [-0.15, -0.1) is 0 Å². The second-order valence-electron chi connectivity index (χ2n) is 1.97. The number of pyridine rings is 1. The van der Waals surface area contributed by atoms with E-state index in [1.807, 2.05) is 12.3 Å². The maximum atomic E-state index is 7.24. The summed E-state index contributed by atoms with van der Waals surface area (Å²) in [4.78, 5) is 6.93. The van der Waals surface area contributed by atoms with Crippen molar-refractivity contribution in [3.05, 3.63) is 29.0 Å². The van der Waals surface area contributed by atoms with Gasteiger partial charge in [0.2, 0.25) is 0 Å². The third kappa shape index (κ3) is 0.743. The first kappa shape index (κ1) is 4.91. The Morgan fingerprint density at radius 2 is 2.60 bits per heavy atom. The minimum atomic E-state index is 0.284. The summed E-state index contributed by atoms with van der Waals surface area (Å²) in [6.07, 6.45) is 2.10. The fourth-order valence-corrected chi connectivity index (χ4v) is 1.31. The summed E-state index contributed by atoms with van der Waals surface area (Å²) < 4.78 is 8.23. The third-order valence-corrected chi connectivity index (χ3v) is 2.01. The lowest BCUT2D eigenvalue weighted by molar-refractivity contribution is 1.32. The smallest absolute Gasteiger partial charge is 0.138 e. The number of hydrogen-bond donors (Lipinski definition) is 1. The van der Waals surface area contributed by atoms with Gasteiger partial charge in [0.25, 0.3) is 0 Å². The van der Waals surface area contributed by atoms with Crippen molar-refractivity contribution in [2.24, 2.45) is 0 Å². The van der Waals surface area contributed by atoms with Crippen molar-refractivity contribution in [2.45, 2.75) is 0 Å². The van der Waals surface area contributed by atoms with Crippen LogP contribution in [0.4, 0.5) is 0 Å². The predicted octanol–water partition coefficient (Wildman–Crippen LogP) is 2.33. The molecule has 2 rings (SSSR count). The molecule has 50 valence electrons. The molecule has 2 nitrogen and oxygen atoms in total. The summed E-state index contributed by atoms with van der Waals surface area (Å²) in [6.45, 7) is 0. The van der Waals surface area contributed by atoms with E-state index in [1.54, 1.807) is 6.07 Å². The molecule has 2 aromatic heterocycles. The summed E-state index contributed by atoms with van der Waals surface area (Å²) in [5, 5.41) is 1.01. The highest BCUT2D eigenvalue weighted by molar-refractivity contribution is 9.10. The Kier molecular flexibility index (Phi) is 1.03. The van der Waals surface area contributed by atoms with Crippen LogP contribution in [0.3, 0.4) is 0 Å². The van der Waals surface area contributed by atoms with E-state index < -0.39 is 0 Å². The number of nitrogens with one attached hydrogen (secondary N) is 1. The normalized spacial score (nSPS) is 11.9. The number of hydrogen-bond acceptors (Lipinski definition) is 1. The van der Waals surface area contributed by atoms with E-state index in [2.05, 4.69) is 25.9 Å². The quantitative estimate of drug-likeness (QED) is 0.692. The van der Waals surface area contributed by atoms with Gasteiger partial charge in [0.15, 0.2) is 0 Å². The molecule has 3 heteroatoms. The van der Waals surface area contributed by atoms with Crippen molar-refractivity contribution in [3.63, 3.8) is 0 Å². The zero-order valence-corrected chi connectivity index (χ0v) is 6.64. The highest BCUT2D eigenvalue weighted by Gasteiger charge is 1.97. The molecule has 0 amide bonds. The number of nitrogens with zero attached hydrogens (tertiary/aromatic N) is 1. The molecule has 0 spiro atoms. The molecular formula is C7H5BrN2. The van der Waals surface area contributed by atoms with Crippen LogP contribution >= 0.6 is 15.9 Å². The highest BCUT2D eigenvalue weighted by atomic mass is 79.9. The van der Waals surface area contributed by atoms with E-state index >= 15 is 0 Å². The number of fused-ring (bicyclic) bond motifs is 1. The van der Waals surface area contributed by atoms with Crippen LogP contribution in [-0.2, 0) is 0 Å². The first-order chi connectivity index (χ1) is 5.27. The van der Waals surface area contributed by atoms with Crippen LogP contribution in [0, 0.1) is 0 Å². The molecule has 2 heterocycles. The van der Waals surface area contributed by atoms with Crippen LogP contribution in [-0.4, -0.2) is 9.97 Å². The van der Waals surface area contributed by atoms with Gasteiger partial charge in [0, 0.05) is 22.2 Å². The minimum absolute atomic E-state index is 0.284. The molecule has 0 aromatic carbocycles. The SMILES string of the molecule is [3H]c1ccc2c(Br)c[nH]c2n1. The van der Waals surface area contributed by atoms with E-state index in [0.29, 0.717) is 0 Å². The maximum absolute atomic E-state index is 7.24. The molecule has 0 radical (unpaired) electrons. The predicted molar refractivity (Wildman–Crippen MR) is 43.8 cm³/mol. The second-order valence-corrected chi connectivity index (χ2v) is 2.83. The molecule has 0 aliphatic carbocycles. The second kappa shape index (κ2) is 2.09. The summed E-state index contributed by atoms with van der Waals surface area (Å²) in [7, 11) is 0. The van der Waals surface area contributed by atoms with Gasteiger partial charge in [-0.1, -0.05) is 0 Å². The number of rotatable bonds is 0. The third-order valence-electron chi connectivity index (χ3n) is 1.35. The molecule has 10 heavy (non-hydrogen) atoms. The van der Waals surface area contributed by atoms with Crippen molar-refractivity contribution in [1.82, 2.24) is 9.97 Å². The van der Waals surface area contributed by atoms with Gasteiger partial charge in [-0.2, -0.15) is 0 Å². The summed E-state index contributed by atoms with van der Waals surface area (Å²) in [5.41, 5.74) is 0.754. The van der Waals surface area contributed by atoms with Gasteiger partial charge in [-0.3, -0.25) is 0 Å². The fourth-order valence-electron chi connectivity index (χ4n) is 0.874. The van der Waals surface area contributed by atoms with E-state index in [1.165, 1.54) is 0 Å². The monoisotopic (exact) mass is 198 g/mol. The van der Waals surface area contributed by atoms with Gasteiger partial charge in [-0.05, 0) is 28.1 Å². The zero-order valence-electron chi connectivity index (χ0n) is 6.06. The van der Waals surface area contributed by atoms with E-state index in [0.717, 1.165) is 15.5 Å². The first-order valence-electron chi connectivity index (χ1n) is 3.37. The lowest BCUT2D eigenvalue weighted by atomic mass is 10.3. The van der Waals surface area contributed by atoms with Gasteiger partial charge in [0.1, 0.15) is 5.65 Å². The maximum Gasteiger partial charge on any atom is 0.138 e. The molecule has 0 atom stereocenters. The molecule has 0 aliphatic rings. The van der Waals surface area contributed by atoms with Crippen LogP contribution in [0.1, 0.15) is 1.37 Å². The molecule has 1 N–H and O–H groups in total. The molecule has 0 saturated heterocycles. The molecule has 0 saturated carbocycles. The van der Waals surface area contributed by atoms with Crippen molar-refractivity contribution < 1.29 is 1.37 Å². The first-order valence-corrected chi connectivity index (χ1v) is 3.67. The van der Waals surface area contributed by atoms with Crippen LogP contribution in [0.15, 0.2) is 29.0 Å². The lowest BCUT2D eigenvalue weighted by Gasteiger charge is -1.84. The van der Waals surface area contributed by atoms with E-state index in [9.17, 15) is 0 Å². The van der Waals surface area contributed by atoms with Gasteiger partial charge >= 0.3 is 0 Å². The average Bonchev–Trinajstić information content (AvgIpc) is 2.32. The number of aromatic nitrogens is 2. The number of halogens is 1. The Morgan fingerprint density at radius 1 is 1.70 bits per heavy atom. The molecule has 0 fully saturated rings. The van der Waals surface area contributed by atoms with Crippen molar-refractivity contribution in [2.75, 3.05) is 0 Å². The fraction of sp³-hybridized carbons (Fsp3) is 0. The Morgan fingerprint density at radius 3 is 3.50 bits per heavy atom. The zero-order chi connectivity index (χ0) is 7.84. The molecule has 0 bridgehead atoms. The summed E-state index contributed by atoms with van der Waals surface area (Å²) >= 11 is 3.36. The Hall–Kier alpha value is -0.830. The van der Waals surface area contributed by atoms with Crippen molar-refractivity contribution in [3.8, 4) is 0 Å². The van der Waals surface area contributed by atoms with E-state index in [-0.39, 0.29) is 6.17 Å². The Balaban J connectivity index is 2.86. The van der Waals surface area contributed by atoms with Crippen LogP contribution in [0.25, 0.3) is 11.0 Å². The molecule has 2 aromatic rings. The largest absolute Gasteiger partial charge is 0.345 e. The minimum Gasteiger partial charge on any atom is -0.345 e. The van der Waals surface area contributed by atoms with Crippen molar-refractivity contribution >= 4 is 27.0 Å². The number of H-pyrrole nitrogens is 1. The molecular weight excluding hydrogens is 192 g/mol. The highest BCUT2D eigenvalue weighted by Crippen LogP contribution is 2.20. The summed E-state index contributed by atoms with van der Waals surface area (Å²) in [6, 6.07) is 3.53. The summed E-state index contributed by atoms with van der Waals surface area (Å²) in [5.74, 6) is 0. The van der Waals surface area contributed by atoms with Gasteiger partial charge in [-0.25, -0.2) is 4.98 Å². The Bertz CT molecular complexity index is 396. The number of aromatic amines is 1. The van der Waals surface area contributed by atoms with Crippen LogP contribution < -0.4 is 0 Å². The van der Waals surface area contributed by atoms with Gasteiger partial charge in [0.05, 0.1) is 1.37 Å². The molecule has 0 aliphatic heterocycles. The lowest BCUT2D eigenvalue weighted by Crippen LogP contribution is -1.71. The van der Waals surface area contributed by atoms with Gasteiger partial charge < -0.3 is 4.98 Å². The molecule has 0 unspecified atom stereocenters. The topological polar surface area (TPSA) is 28.7 Å². The Labute approximate surface area is 67.8 Å². The van der Waals surface area contributed by atoms with Crippen molar-refractivity contribution in [1.29, 1.82) is 0 Å². The van der Waals surface area contributed by atoms with Crippen LogP contribution in [0.2, 0.25) is 0 Å². The standard InChI is InChI=1S/C7H5BrN2/c8-6-4-10-7-5(6)2-1-3-9-7/h1-4H,(H,9,10)/i3T. The average molecular weight is 199 g/mol.